The van der Waals surface area contributed by atoms with E-state index in [1.165, 1.54) is 92.8 Å². The largest absolute Gasteiger partial charge is 0.313 e. The fraction of sp³-hybridized carbons (Fsp3) is 0.0500. The van der Waals surface area contributed by atoms with Crippen molar-refractivity contribution in [1.82, 2.24) is 4.57 Å². The van der Waals surface area contributed by atoms with Crippen molar-refractivity contribution >= 4 is 64.8 Å². The summed E-state index contributed by atoms with van der Waals surface area (Å²) in [4.78, 5) is 0. The molecule has 0 unspecified atom stereocenters. The monoisotopic (exact) mass is 521 g/mol. The number of aromatic nitrogens is 1. The maximum Gasteiger partial charge on any atom is 0.0613 e. The van der Waals surface area contributed by atoms with Crippen LogP contribution in [-0.4, -0.2) is 4.57 Å². The van der Waals surface area contributed by atoms with E-state index < -0.39 is 0 Å². The molecule has 1 nitrogen and oxygen atoms in total. The Bertz CT molecular complexity index is 2460. The van der Waals surface area contributed by atoms with Crippen LogP contribution in [0.3, 0.4) is 0 Å². The van der Waals surface area contributed by atoms with E-state index in [0.717, 1.165) is 0 Å². The quantitative estimate of drug-likeness (QED) is 0.199. The van der Waals surface area contributed by atoms with Gasteiger partial charge in [0, 0.05) is 22.2 Å². The average Bonchev–Trinajstić information content (AvgIpc) is 3.28. The van der Waals surface area contributed by atoms with Crippen LogP contribution in [0.25, 0.3) is 81.6 Å². The minimum atomic E-state index is 1.20. The molecule has 0 aliphatic heterocycles. The van der Waals surface area contributed by atoms with Crippen LogP contribution in [-0.2, 0) is 0 Å². The van der Waals surface area contributed by atoms with Crippen LogP contribution < -0.4 is 0 Å². The number of hydrogen-bond donors (Lipinski definition) is 0. The third-order valence-electron chi connectivity index (χ3n) is 9.33. The van der Waals surface area contributed by atoms with Crippen LogP contribution >= 0.6 is 0 Å². The van der Waals surface area contributed by atoms with Crippen molar-refractivity contribution in [2.45, 2.75) is 13.8 Å². The van der Waals surface area contributed by atoms with E-state index in [-0.39, 0.29) is 0 Å². The topological polar surface area (TPSA) is 4.93 Å². The molecular formula is C40H27N. The Morgan fingerprint density at radius 2 is 1.10 bits per heavy atom. The summed E-state index contributed by atoms with van der Waals surface area (Å²) in [6, 6.07) is 47.2. The zero-order chi connectivity index (χ0) is 27.2. The van der Waals surface area contributed by atoms with E-state index in [1.807, 2.05) is 0 Å². The highest BCUT2D eigenvalue weighted by Gasteiger charge is 2.19. The summed E-state index contributed by atoms with van der Waals surface area (Å²) in [7, 11) is 0. The Morgan fingerprint density at radius 3 is 1.90 bits per heavy atom. The van der Waals surface area contributed by atoms with Gasteiger partial charge in [0.2, 0.25) is 0 Å². The summed E-state index contributed by atoms with van der Waals surface area (Å²) in [5.74, 6) is 0. The van der Waals surface area contributed by atoms with Crippen molar-refractivity contribution in [1.29, 1.82) is 0 Å². The van der Waals surface area contributed by atoms with E-state index in [0.29, 0.717) is 0 Å². The number of benzene rings is 8. The number of hydrogen-bond acceptors (Lipinski definition) is 0. The molecule has 8 aromatic carbocycles. The van der Waals surface area contributed by atoms with Crippen molar-refractivity contribution < 1.29 is 0 Å². The van der Waals surface area contributed by atoms with Crippen molar-refractivity contribution in [3.8, 4) is 16.8 Å². The third kappa shape index (κ3) is 3.06. The zero-order valence-electron chi connectivity index (χ0n) is 23.1. The highest BCUT2D eigenvalue weighted by molar-refractivity contribution is 6.29. The van der Waals surface area contributed by atoms with Crippen LogP contribution in [0.2, 0.25) is 0 Å². The first kappa shape index (κ1) is 22.7. The molecule has 9 aromatic rings. The zero-order valence-corrected chi connectivity index (χ0v) is 23.1. The van der Waals surface area contributed by atoms with E-state index in [4.69, 9.17) is 0 Å². The first-order valence-corrected chi connectivity index (χ1v) is 14.4. The van der Waals surface area contributed by atoms with Crippen LogP contribution in [0.1, 0.15) is 11.3 Å². The van der Waals surface area contributed by atoms with E-state index in [1.54, 1.807) is 0 Å². The van der Waals surface area contributed by atoms with Gasteiger partial charge in [-0.1, -0.05) is 103 Å². The fourth-order valence-corrected chi connectivity index (χ4v) is 7.26. The van der Waals surface area contributed by atoms with Crippen molar-refractivity contribution in [3.63, 3.8) is 0 Å². The molecule has 0 radical (unpaired) electrons. The number of rotatable bonds is 2. The minimum absolute atomic E-state index is 1.20. The Labute approximate surface area is 238 Å². The first-order valence-electron chi connectivity index (χ1n) is 14.4. The predicted octanol–water partition coefficient (Wildman–Crippen LogP) is 11.1. The summed E-state index contributed by atoms with van der Waals surface area (Å²) in [6.45, 7) is 4.52. The Hall–Kier alpha value is -5.14. The van der Waals surface area contributed by atoms with Gasteiger partial charge in [0.15, 0.2) is 0 Å². The number of aryl methyl sites for hydroxylation is 1. The normalized spacial score (nSPS) is 12.1. The lowest BCUT2D eigenvalue weighted by molar-refractivity contribution is 1.04. The second-order valence-electron chi connectivity index (χ2n) is 11.4. The Morgan fingerprint density at radius 1 is 0.439 bits per heavy atom. The van der Waals surface area contributed by atoms with Gasteiger partial charge in [0.1, 0.15) is 0 Å². The molecule has 0 aliphatic rings. The van der Waals surface area contributed by atoms with E-state index in [2.05, 4.69) is 146 Å². The molecule has 0 aliphatic carbocycles. The minimum Gasteiger partial charge on any atom is -0.313 e. The summed E-state index contributed by atoms with van der Waals surface area (Å²) >= 11 is 0. The standard InChI is InChI=1S/C40H27N/c1-24-25(2)41(40-35-21-18-28-10-7-9-27-14-15-30(23-36(24)40)39(35)38(27)28)31-19-16-26(17-20-31)37-22-29-8-3-4-11-32(29)33-12-5-6-13-34(33)37/h3-23H,1-2H3. The summed E-state index contributed by atoms with van der Waals surface area (Å²) < 4.78 is 2.47. The second kappa shape index (κ2) is 8.19. The molecule has 41 heavy (non-hydrogen) atoms. The lowest BCUT2D eigenvalue weighted by Gasteiger charge is -2.15. The lowest BCUT2D eigenvalue weighted by Crippen LogP contribution is -1.98. The number of fused-ring (bicyclic) bond motifs is 5. The Kier molecular flexibility index (Phi) is 4.52. The van der Waals surface area contributed by atoms with E-state index >= 15 is 0 Å². The maximum atomic E-state index is 2.47. The molecule has 1 heterocycles. The molecule has 1 aromatic heterocycles. The predicted molar refractivity (Wildman–Crippen MR) is 177 cm³/mol. The molecule has 0 fully saturated rings. The fourth-order valence-electron chi connectivity index (χ4n) is 7.26. The van der Waals surface area contributed by atoms with Crippen LogP contribution in [0, 0.1) is 13.8 Å². The third-order valence-corrected chi connectivity index (χ3v) is 9.33. The smallest absolute Gasteiger partial charge is 0.0613 e. The number of nitrogens with zero attached hydrogens (tertiary/aromatic N) is 1. The molecule has 192 valence electrons. The van der Waals surface area contributed by atoms with Gasteiger partial charge in [-0.3, -0.25) is 0 Å². The maximum absolute atomic E-state index is 2.47. The van der Waals surface area contributed by atoms with Gasteiger partial charge in [0.05, 0.1) is 5.52 Å². The van der Waals surface area contributed by atoms with Crippen molar-refractivity contribution in [2.75, 3.05) is 0 Å². The van der Waals surface area contributed by atoms with Gasteiger partial charge < -0.3 is 4.57 Å². The highest BCUT2D eigenvalue weighted by Crippen LogP contribution is 2.42. The lowest BCUT2D eigenvalue weighted by atomic mass is 9.92. The molecule has 0 spiro atoms. The molecule has 9 rings (SSSR count). The molecule has 0 N–H and O–H groups in total. The van der Waals surface area contributed by atoms with Gasteiger partial charge in [-0.15, -0.1) is 0 Å². The first-order chi connectivity index (χ1) is 20.2. The molecule has 1 heteroatoms. The summed E-state index contributed by atoms with van der Waals surface area (Å²) in [6.07, 6.45) is 0. The molecule has 0 saturated carbocycles. The van der Waals surface area contributed by atoms with Gasteiger partial charge in [-0.05, 0) is 103 Å². The highest BCUT2D eigenvalue weighted by atomic mass is 15.0. The summed E-state index contributed by atoms with van der Waals surface area (Å²) in [5.41, 5.74) is 7.65. The van der Waals surface area contributed by atoms with Crippen molar-refractivity contribution in [2.24, 2.45) is 0 Å². The second-order valence-corrected chi connectivity index (χ2v) is 11.4. The van der Waals surface area contributed by atoms with Crippen molar-refractivity contribution in [3.05, 3.63) is 139 Å². The molecule has 0 atom stereocenters. The van der Waals surface area contributed by atoms with Crippen LogP contribution in [0.15, 0.2) is 127 Å². The van der Waals surface area contributed by atoms with Gasteiger partial charge in [-0.25, -0.2) is 0 Å². The summed E-state index contributed by atoms with van der Waals surface area (Å²) in [5, 5.41) is 14.5. The van der Waals surface area contributed by atoms with Gasteiger partial charge in [-0.2, -0.15) is 0 Å². The van der Waals surface area contributed by atoms with Gasteiger partial charge in [0.25, 0.3) is 0 Å². The molecular weight excluding hydrogens is 494 g/mol. The average molecular weight is 522 g/mol. The van der Waals surface area contributed by atoms with E-state index in [9.17, 15) is 0 Å². The van der Waals surface area contributed by atoms with Gasteiger partial charge >= 0.3 is 0 Å². The van der Waals surface area contributed by atoms with Crippen LogP contribution in [0.5, 0.6) is 0 Å². The molecule has 0 bridgehead atoms. The SMILES string of the molecule is Cc1c(C)n(-c2ccc(-c3cc4ccccc4c4ccccc34)cc2)c2c1cc1ccc3cccc4ccc2c1c34. The Balaban J connectivity index is 1.29. The van der Waals surface area contributed by atoms with Crippen LogP contribution in [0.4, 0.5) is 0 Å². The molecule has 0 saturated heterocycles. The molecule has 0 amide bonds.